The molecule has 174 valence electrons. The number of hydrogen-bond acceptors (Lipinski definition) is 6. The Hall–Kier alpha value is -3.86. The summed E-state index contributed by atoms with van der Waals surface area (Å²) in [5.74, 6) is -3.23. The van der Waals surface area contributed by atoms with Gasteiger partial charge >= 0.3 is 17.8 Å². The van der Waals surface area contributed by atoms with Crippen LogP contribution < -0.4 is 21.2 Å². The van der Waals surface area contributed by atoms with Crippen LogP contribution >= 0.6 is 0 Å². The molecule has 4 rings (SSSR count). The molecule has 2 aromatic carbocycles. The number of piperazine rings is 1. The van der Waals surface area contributed by atoms with Gasteiger partial charge in [0.2, 0.25) is 0 Å². The quantitative estimate of drug-likeness (QED) is 0.512. The van der Waals surface area contributed by atoms with Gasteiger partial charge in [0.05, 0.1) is 0 Å². The predicted octanol–water partition coefficient (Wildman–Crippen LogP) is 3.09. The van der Waals surface area contributed by atoms with E-state index in [1.807, 2.05) is 36.4 Å². The highest BCUT2D eigenvalue weighted by atomic mass is 19.4. The number of fused-ring (bicyclic) bond motifs is 1. The first kappa shape index (κ1) is 23.8. The molecule has 1 saturated heterocycles. The molecule has 0 radical (unpaired) electrons. The van der Waals surface area contributed by atoms with Crippen LogP contribution in [0, 0.1) is 0 Å². The minimum Gasteiger partial charge on any atom is -0.475 e. The summed E-state index contributed by atoms with van der Waals surface area (Å²) in [7, 11) is 0. The van der Waals surface area contributed by atoms with Gasteiger partial charge in [-0.25, -0.2) is 9.59 Å². The number of aliphatic carboxylic acids is 1. The number of amides is 1. The summed E-state index contributed by atoms with van der Waals surface area (Å²) in [6.07, 6.45) is -5.08. The van der Waals surface area contributed by atoms with Gasteiger partial charge in [-0.2, -0.15) is 13.2 Å². The zero-order valence-corrected chi connectivity index (χ0v) is 17.2. The summed E-state index contributed by atoms with van der Waals surface area (Å²) in [5, 5.41) is 13.9. The van der Waals surface area contributed by atoms with Gasteiger partial charge in [-0.3, -0.25) is 4.79 Å². The van der Waals surface area contributed by atoms with E-state index in [0.717, 1.165) is 37.3 Å². The third kappa shape index (κ3) is 6.32. The Labute approximate surface area is 185 Å². The summed E-state index contributed by atoms with van der Waals surface area (Å²) in [6.45, 7) is 3.68. The van der Waals surface area contributed by atoms with Crippen LogP contribution in [-0.4, -0.2) is 49.3 Å². The van der Waals surface area contributed by atoms with Gasteiger partial charge in [0.15, 0.2) is 0 Å². The Morgan fingerprint density at radius 1 is 1.03 bits per heavy atom. The summed E-state index contributed by atoms with van der Waals surface area (Å²) in [6, 6.07) is 16.3. The second kappa shape index (κ2) is 10.2. The average molecular weight is 463 g/mol. The van der Waals surface area contributed by atoms with Crippen molar-refractivity contribution >= 4 is 34.2 Å². The molecule has 3 N–H and O–H groups in total. The molecular weight excluding hydrogens is 443 g/mol. The lowest BCUT2D eigenvalue weighted by atomic mass is 10.1. The molecule has 1 aliphatic heterocycles. The van der Waals surface area contributed by atoms with Crippen LogP contribution in [0.15, 0.2) is 63.8 Å². The molecule has 0 atom stereocenters. The lowest BCUT2D eigenvalue weighted by Gasteiger charge is -2.29. The van der Waals surface area contributed by atoms with Crippen molar-refractivity contribution in [3.8, 4) is 0 Å². The fraction of sp³-hybridized carbons (Fsp3) is 0.227. The van der Waals surface area contributed by atoms with Crippen LogP contribution in [0.25, 0.3) is 11.0 Å². The van der Waals surface area contributed by atoms with Crippen molar-refractivity contribution in [3.63, 3.8) is 0 Å². The van der Waals surface area contributed by atoms with Crippen LogP contribution in [0.5, 0.6) is 0 Å². The van der Waals surface area contributed by atoms with Gasteiger partial charge in [-0.15, -0.1) is 0 Å². The molecule has 2 heterocycles. The number of para-hydroxylation sites is 1. The summed E-state index contributed by atoms with van der Waals surface area (Å²) < 4.78 is 37.2. The summed E-state index contributed by atoms with van der Waals surface area (Å²) in [4.78, 5) is 35.8. The monoisotopic (exact) mass is 463 g/mol. The first-order chi connectivity index (χ1) is 15.6. The van der Waals surface area contributed by atoms with Crippen molar-refractivity contribution in [2.24, 2.45) is 0 Å². The van der Waals surface area contributed by atoms with Crippen molar-refractivity contribution in [2.45, 2.75) is 6.18 Å². The number of carbonyl (C=O) groups excluding carboxylic acids is 1. The zero-order valence-electron chi connectivity index (χ0n) is 17.2. The van der Waals surface area contributed by atoms with E-state index in [1.54, 1.807) is 18.2 Å². The minimum atomic E-state index is -5.08. The van der Waals surface area contributed by atoms with E-state index in [-0.39, 0.29) is 5.56 Å². The SMILES string of the molecule is O=C(Nc1ccccc1)c1cc2ccc(N3CCNCC3)cc2oc1=O.O=C(O)C(F)(F)F. The van der Waals surface area contributed by atoms with Crippen LogP contribution in [-0.2, 0) is 4.79 Å². The van der Waals surface area contributed by atoms with Crippen molar-refractivity contribution in [1.82, 2.24) is 5.32 Å². The van der Waals surface area contributed by atoms with Gasteiger partial charge in [0.1, 0.15) is 11.1 Å². The van der Waals surface area contributed by atoms with Crippen molar-refractivity contribution in [3.05, 3.63) is 70.6 Å². The smallest absolute Gasteiger partial charge is 0.475 e. The van der Waals surface area contributed by atoms with Crippen LogP contribution in [0.2, 0.25) is 0 Å². The van der Waals surface area contributed by atoms with E-state index in [1.165, 1.54) is 0 Å². The molecule has 1 aliphatic rings. The van der Waals surface area contributed by atoms with E-state index in [0.29, 0.717) is 11.3 Å². The first-order valence-corrected chi connectivity index (χ1v) is 9.85. The maximum Gasteiger partial charge on any atom is 0.490 e. The number of halogens is 3. The fourth-order valence-electron chi connectivity index (χ4n) is 3.10. The molecule has 0 bridgehead atoms. The number of carbonyl (C=O) groups is 2. The highest BCUT2D eigenvalue weighted by Crippen LogP contribution is 2.22. The van der Waals surface area contributed by atoms with E-state index < -0.39 is 23.7 Å². The second-order valence-corrected chi connectivity index (χ2v) is 7.03. The van der Waals surface area contributed by atoms with Crippen molar-refractivity contribution < 1.29 is 32.3 Å². The molecule has 0 saturated carbocycles. The molecule has 11 heteroatoms. The molecule has 33 heavy (non-hydrogen) atoms. The van der Waals surface area contributed by atoms with E-state index in [9.17, 15) is 22.8 Å². The Morgan fingerprint density at radius 2 is 1.67 bits per heavy atom. The van der Waals surface area contributed by atoms with Gasteiger partial charge in [0, 0.05) is 49.0 Å². The average Bonchev–Trinajstić information content (AvgIpc) is 2.79. The number of hydrogen-bond donors (Lipinski definition) is 3. The molecule has 1 fully saturated rings. The number of rotatable bonds is 3. The Morgan fingerprint density at radius 3 is 2.27 bits per heavy atom. The number of anilines is 2. The highest BCUT2D eigenvalue weighted by Gasteiger charge is 2.38. The lowest BCUT2D eigenvalue weighted by Crippen LogP contribution is -2.43. The Kier molecular flexibility index (Phi) is 7.34. The largest absolute Gasteiger partial charge is 0.490 e. The third-order valence-electron chi connectivity index (χ3n) is 4.72. The number of benzene rings is 2. The summed E-state index contributed by atoms with van der Waals surface area (Å²) >= 11 is 0. The molecule has 1 amide bonds. The lowest BCUT2D eigenvalue weighted by molar-refractivity contribution is -0.192. The number of alkyl halides is 3. The van der Waals surface area contributed by atoms with Crippen molar-refractivity contribution in [1.29, 1.82) is 0 Å². The first-order valence-electron chi connectivity index (χ1n) is 9.85. The van der Waals surface area contributed by atoms with Crippen molar-refractivity contribution in [2.75, 3.05) is 36.4 Å². The number of nitrogens with zero attached hydrogens (tertiary/aromatic N) is 1. The molecular formula is C22H20F3N3O5. The Balaban J connectivity index is 0.000000383. The standard InChI is InChI=1S/C20H19N3O3.C2HF3O2/c24-19(22-15-4-2-1-3-5-15)17-12-14-6-7-16(13-18(14)26-20(17)25)23-10-8-21-9-11-23;3-2(4,5)1(6)7/h1-7,12-13,21H,8-11H2,(H,22,24);(H,6,7). The van der Waals surface area contributed by atoms with Gasteiger partial charge < -0.3 is 25.1 Å². The normalized spacial score (nSPS) is 13.7. The second-order valence-electron chi connectivity index (χ2n) is 7.03. The zero-order chi connectivity index (χ0) is 24.0. The Bertz CT molecular complexity index is 1190. The number of carboxylic acids is 1. The molecule has 3 aromatic rings. The topological polar surface area (TPSA) is 112 Å². The molecule has 0 spiro atoms. The molecule has 8 nitrogen and oxygen atoms in total. The summed E-state index contributed by atoms with van der Waals surface area (Å²) in [5.41, 5.74) is 1.50. The third-order valence-corrected chi connectivity index (χ3v) is 4.72. The molecule has 0 aliphatic carbocycles. The number of carboxylic acid groups (broad SMARTS) is 1. The van der Waals surface area contributed by atoms with Gasteiger partial charge in [-0.05, 0) is 30.3 Å². The highest BCUT2D eigenvalue weighted by molar-refractivity contribution is 6.05. The van der Waals surface area contributed by atoms with E-state index >= 15 is 0 Å². The fourth-order valence-corrected chi connectivity index (χ4v) is 3.10. The van der Waals surface area contributed by atoms with E-state index in [4.69, 9.17) is 14.3 Å². The maximum absolute atomic E-state index is 12.4. The van der Waals surface area contributed by atoms with Gasteiger partial charge in [-0.1, -0.05) is 18.2 Å². The minimum absolute atomic E-state index is 0.00345. The van der Waals surface area contributed by atoms with E-state index in [2.05, 4.69) is 15.5 Å². The van der Waals surface area contributed by atoms with Gasteiger partial charge in [0.25, 0.3) is 5.91 Å². The van der Waals surface area contributed by atoms with Crippen LogP contribution in [0.3, 0.4) is 0 Å². The molecule has 1 aromatic heterocycles. The predicted molar refractivity (Wildman–Crippen MR) is 116 cm³/mol. The molecule has 0 unspecified atom stereocenters. The van der Waals surface area contributed by atoms with Crippen LogP contribution in [0.1, 0.15) is 10.4 Å². The number of nitrogens with one attached hydrogen (secondary N) is 2. The van der Waals surface area contributed by atoms with Crippen LogP contribution in [0.4, 0.5) is 24.5 Å². The maximum atomic E-state index is 12.4.